The van der Waals surface area contributed by atoms with Crippen LogP contribution in [-0.2, 0) is 0 Å². The van der Waals surface area contributed by atoms with Gasteiger partial charge >= 0.3 is 0 Å². The second-order valence-electron chi connectivity index (χ2n) is 6.06. The zero-order valence-electron chi connectivity index (χ0n) is 16.3. The predicted octanol–water partition coefficient (Wildman–Crippen LogP) is 6.33. The molecule has 0 saturated heterocycles. The van der Waals surface area contributed by atoms with Crippen LogP contribution >= 0.6 is 23.5 Å². The number of hydrogen-bond donors (Lipinski definition) is 2. The number of benzene rings is 2. The predicted molar refractivity (Wildman–Crippen MR) is 126 cm³/mol. The summed E-state index contributed by atoms with van der Waals surface area (Å²) in [5, 5.41) is 15.3. The van der Waals surface area contributed by atoms with Crippen LogP contribution in [0.5, 0.6) is 5.75 Å². The number of allylic oxidation sites excluding steroid dienone is 1. The van der Waals surface area contributed by atoms with Crippen molar-refractivity contribution in [1.29, 1.82) is 0 Å². The molecular weight excluding hydrogens is 384 g/mol. The van der Waals surface area contributed by atoms with Gasteiger partial charge in [0.15, 0.2) is 0 Å². The van der Waals surface area contributed by atoms with Crippen LogP contribution in [0.25, 0.3) is 0 Å². The fourth-order valence-electron chi connectivity index (χ4n) is 2.47. The fraction of sp³-hybridized carbons (Fsp3) is 0.261. The molecule has 0 fully saturated rings. The number of anilines is 1. The third-order valence-electron chi connectivity index (χ3n) is 3.96. The molecule has 0 amide bonds. The Morgan fingerprint density at radius 1 is 1.25 bits per heavy atom. The summed E-state index contributed by atoms with van der Waals surface area (Å²) in [5.74, 6) is 3.82. The average molecular weight is 411 g/mol. The quantitative estimate of drug-likeness (QED) is 0.208. The minimum Gasteiger partial charge on any atom is -0.508 e. The smallest absolute Gasteiger partial charge is 0.117 e. The van der Waals surface area contributed by atoms with Gasteiger partial charge in [0.1, 0.15) is 5.75 Å². The first-order valence-electron chi connectivity index (χ1n) is 9.10. The van der Waals surface area contributed by atoms with Crippen LogP contribution < -0.4 is 5.32 Å². The summed E-state index contributed by atoms with van der Waals surface area (Å²) in [7, 11) is 0. The Balaban J connectivity index is 2.00. The number of phenols is 1. The van der Waals surface area contributed by atoms with E-state index in [2.05, 4.69) is 47.2 Å². The monoisotopic (exact) mass is 410 g/mol. The van der Waals surface area contributed by atoms with Crippen LogP contribution in [0, 0.1) is 12.3 Å². The van der Waals surface area contributed by atoms with E-state index in [1.54, 1.807) is 35.7 Å². The molecule has 0 saturated carbocycles. The lowest BCUT2D eigenvalue weighted by atomic mass is 10.1. The Kier molecular flexibility index (Phi) is 9.61. The van der Waals surface area contributed by atoms with Gasteiger partial charge < -0.3 is 10.4 Å². The number of phenolic OH excluding ortho intramolecular Hbond substituents is 1. The molecular formula is C23H26N2OS2. The van der Waals surface area contributed by atoms with Crippen molar-refractivity contribution < 1.29 is 5.11 Å². The van der Waals surface area contributed by atoms with E-state index >= 15 is 0 Å². The Labute approximate surface area is 176 Å². The van der Waals surface area contributed by atoms with Gasteiger partial charge in [0, 0.05) is 29.6 Å². The minimum atomic E-state index is 0.231. The molecule has 2 N–H and O–H groups in total. The molecule has 2 aromatic carbocycles. The maximum Gasteiger partial charge on any atom is 0.117 e. The van der Waals surface area contributed by atoms with Crippen molar-refractivity contribution in [2.24, 2.45) is 4.99 Å². The first-order chi connectivity index (χ1) is 13.6. The van der Waals surface area contributed by atoms with Crippen molar-refractivity contribution >= 4 is 40.6 Å². The van der Waals surface area contributed by atoms with Crippen molar-refractivity contribution in [3.63, 3.8) is 0 Å². The number of hydrogen-bond acceptors (Lipinski definition) is 5. The maximum absolute atomic E-state index is 9.85. The van der Waals surface area contributed by atoms with Crippen molar-refractivity contribution in [3.8, 4) is 18.1 Å². The highest BCUT2D eigenvalue weighted by Crippen LogP contribution is 2.30. The second kappa shape index (κ2) is 12.2. The molecule has 0 spiro atoms. The van der Waals surface area contributed by atoms with Gasteiger partial charge in [-0.2, -0.15) is 0 Å². The molecule has 0 aromatic heterocycles. The van der Waals surface area contributed by atoms with Crippen LogP contribution in [-0.4, -0.2) is 29.4 Å². The number of aromatic hydroxyl groups is 1. The van der Waals surface area contributed by atoms with E-state index in [1.807, 2.05) is 19.1 Å². The third-order valence-corrected chi connectivity index (χ3v) is 5.61. The zero-order valence-corrected chi connectivity index (χ0v) is 17.9. The summed E-state index contributed by atoms with van der Waals surface area (Å²) in [4.78, 5) is 6.01. The van der Waals surface area contributed by atoms with Crippen LogP contribution in [0.2, 0.25) is 0 Å². The molecule has 2 rings (SSSR count). The summed E-state index contributed by atoms with van der Waals surface area (Å²) in [5.41, 5.74) is 3.70. The van der Waals surface area contributed by atoms with Crippen molar-refractivity contribution in [2.75, 3.05) is 23.9 Å². The van der Waals surface area contributed by atoms with Gasteiger partial charge in [0.25, 0.3) is 0 Å². The van der Waals surface area contributed by atoms with Crippen LogP contribution in [0.1, 0.15) is 25.3 Å². The van der Waals surface area contributed by atoms with Crippen LogP contribution in [0.3, 0.4) is 0 Å². The highest BCUT2D eigenvalue weighted by Gasteiger charge is 2.05. The molecule has 5 heteroatoms. The SMILES string of the molecule is C#CC/C=C\SCCCNc1cc(O)ccc1N=C(C)c1ccc(SC)cc1. The molecule has 0 unspecified atom stereocenters. The zero-order chi connectivity index (χ0) is 20.2. The van der Waals surface area contributed by atoms with Crippen molar-refractivity contribution in [1.82, 2.24) is 0 Å². The highest BCUT2D eigenvalue weighted by molar-refractivity contribution is 8.02. The van der Waals surface area contributed by atoms with Gasteiger partial charge in [-0.05, 0) is 60.6 Å². The highest BCUT2D eigenvalue weighted by atomic mass is 32.2. The molecule has 0 bridgehead atoms. The van der Waals surface area contributed by atoms with Gasteiger partial charge in [-0.25, -0.2) is 0 Å². The standard InChI is InChI=1S/C23H26N2OS2/c1-4-5-6-15-28-16-7-14-24-23-17-20(26)10-13-22(23)25-18(2)19-8-11-21(27-3)12-9-19/h1,6,8-13,15,17,24,26H,5,7,14,16H2,2-3H3/b15-6-,25-18?. The number of rotatable bonds is 10. The summed E-state index contributed by atoms with van der Waals surface area (Å²) in [6.07, 6.45) is 10.9. The molecule has 28 heavy (non-hydrogen) atoms. The van der Waals surface area contributed by atoms with Gasteiger partial charge in [0.05, 0.1) is 11.4 Å². The van der Waals surface area contributed by atoms with E-state index < -0.39 is 0 Å². The maximum atomic E-state index is 9.85. The topological polar surface area (TPSA) is 44.6 Å². The Morgan fingerprint density at radius 3 is 2.75 bits per heavy atom. The largest absolute Gasteiger partial charge is 0.508 e. The summed E-state index contributed by atoms with van der Waals surface area (Å²) in [6, 6.07) is 13.6. The minimum absolute atomic E-state index is 0.231. The molecule has 0 aliphatic heterocycles. The first kappa shape index (κ1) is 22.0. The van der Waals surface area contributed by atoms with Crippen molar-refractivity contribution in [3.05, 3.63) is 59.5 Å². The van der Waals surface area contributed by atoms with Gasteiger partial charge in [-0.1, -0.05) is 18.2 Å². The van der Waals surface area contributed by atoms with E-state index in [0.29, 0.717) is 6.42 Å². The Hall–Kier alpha value is -2.29. The molecule has 0 atom stereocenters. The lowest BCUT2D eigenvalue weighted by Crippen LogP contribution is -2.03. The summed E-state index contributed by atoms with van der Waals surface area (Å²) < 4.78 is 0. The van der Waals surface area contributed by atoms with Gasteiger partial charge in [-0.15, -0.1) is 35.9 Å². The number of nitrogens with zero attached hydrogens (tertiary/aromatic N) is 1. The van der Waals surface area contributed by atoms with Crippen molar-refractivity contribution in [2.45, 2.75) is 24.7 Å². The average Bonchev–Trinajstić information content (AvgIpc) is 2.71. The fourth-order valence-corrected chi connectivity index (χ4v) is 3.56. The molecule has 0 aliphatic rings. The Bertz CT molecular complexity index is 852. The van der Waals surface area contributed by atoms with E-state index in [9.17, 15) is 5.11 Å². The van der Waals surface area contributed by atoms with Gasteiger partial charge in [0.2, 0.25) is 0 Å². The van der Waals surface area contributed by atoms with Gasteiger partial charge in [-0.3, -0.25) is 4.99 Å². The molecule has 0 aliphatic carbocycles. The molecule has 0 radical (unpaired) electrons. The number of aliphatic imine (C=N–C) groups is 1. The lowest BCUT2D eigenvalue weighted by Gasteiger charge is -2.11. The second-order valence-corrected chi connectivity index (χ2v) is 7.95. The Morgan fingerprint density at radius 2 is 2.04 bits per heavy atom. The normalized spacial score (nSPS) is 11.5. The third kappa shape index (κ3) is 7.38. The van der Waals surface area contributed by atoms with E-state index in [4.69, 9.17) is 11.4 Å². The van der Waals surface area contributed by atoms with E-state index in [0.717, 1.165) is 41.4 Å². The molecule has 0 heterocycles. The number of nitrogens with one attached hydrogen (secondary N) is 1. The van der Waals surface area contributed by atoms with Crippen LogP contribution in [0.15, 0.2) is 63.8 Å². The lowest BCUT2D eigenvalue weighted by molar-refractivity contribution is 0.475. The summed E-state index contributed by atoms with van der Waals surface area (Å²) >= 11 is 3.48. The van der Waals surface area contributed by atoms with Crippen LogP contribution in [0.4, 0.5) is 11.4 Å². The summed E-state index contributed by atoms with van der Waals surface area (Å²) in [6.45, 7) is 2.81. The molecule has 3 nitrogen and oxygen atoms in total. The molecule has 2 aromatic rings. The number of thioether (sulfide) groups is 2. The van der Waals surface area contributed by atoms with E-state index in [-0.39, 0.29) is 5.75 Å². The van der Waals surface area contributed by atoms with E-state index in [1.165, 1.54) is 4.90 Å². The molecule has 146 valence electrons. The first-order valence-corrected chi connectivity index (χ1v) is 11.4. The number of terminal acetylenes is 1.